The molecule has 1 atom stereocenters. The summed E-state index contributed by atoms with van der Waals surface area (Å²) in [5, 5.41) is 3.52. The molecule has 2 aromatic heterocycles. The predicted octanol–water partition coefficient (Wildman–Crippen LogP) is 4.50. The molecule has 0 spiro atoms. The van der Waals surface area contributed by atoms with Gasteiger partial charge in [0, 0.05) is 24.0 Å². The highest BCUT2D eigenvalue weighted by molar-refractivity contribution is 6.29. The summed E-state index contributed by atoms with van der Waals surface area (Å²) in [4.78, 5) is 12.7. The topological polar surface area (TPSA) is 50.7 Å². The van der Waals surface area contributed by atoms with Gasteiger partial charge in [-0.3, -0.25) is 4.98 Å². The summed E-state index contributed by atoms with van der Waals surface area (Å²) in [6.07, 6.45) is 3.41. The van der Waals surface area contributed by atoms with Gasteiger partial charge in [0.15, 0.2) is 0 Å². The molecule has 6 heteroatoms. The number of pyridine rings is 1. The van der Waals surface area contributed by atoms with Crippen molar-refractivity contribution in [1.82, 2.24) is 15.0 Å². The highest BCUT2D eigenvalue weighted by Crippen LogP contribution is 2.23. The van der Waals surface area contributed by atoms with Crippen molar-refractivity contribution in [3.8, 4) is 11.3 Å². The number of rotatable bonds is 4. The summed E-state index contributed by atoms with van der Waals surface area (Å²) in [7, 11) is 0. The number of hydrogen-bond acceptors (Lipinski definition) is 4. The second-order valence-electron chi connectivity index (χ2n) is 5.06. The Morgan fingerprint density at radius 2 is 1.91 bits per heavy atom. The molecule has 0 aliphatic carbocycles. The van der Waals surface area contributed by atoms with Crippen molar-refractivity contribution >= 4 is 17.5 Å². The van der Waals surface area contributed by atoms with Crippen molar-refractivity contribution in [1.29, 1.82) is 0 Å². The van der Waals surface area contributed by atoms with Gasteiger partial charge >= 0.3 is 0 Å². The summed E-state index contributed by atoms with van der Waals surface area (Å²) < 4.78 is 13.0. The van der Waals surface area contributed by atoms with Crippen LogP contribution < -0.4 is 5.32 Å². The number of halogens is 2. The smallest absolute Gasteiger partial charge is 0.225 e. The Kier molecular flexibility index (Phi) is 4.48. The van der Waals surface area contributed by atoms with E-state index in [0.717, 1.165) is 11.1 Å². The zero-order valence-electron chi connectivity index (χ0n) is 12.4. The molecule has 0 bridgehead atoms. The molecule has 23 heavy (non-hydrogen) atoms. The second-order valence-corrected chi connectivity index (χ2v) is 5.45. The van der Waals surface area contributed by atoms with Crippen LogP contribution in [0.25, 0.3) is 11.3 Å². The van der Waals surface area contributed by atoms with Crippen LogP contribution in [0.15, 0.2) is 54.9 Å². The van der Waals surface area contributed by atoms with Crippen LogP contribution in [-0.2, 0) is 0 Å². The number of anilines is 1. The average Bonchev–Trinajstić information content (AvgIpc) is 2.55. The van der Waals surface area contributed by atoms with E-state index in [2.05, 4.69) is 20.3 Å². The van der Waals surface area contributed by atoms with E-state index in [9.17, 15) is 4.39 Å². The SMILES string of the molecule is CC(Nc1nc(Cl)cc(-c2cccnc2)n1)c1ccc(F)cc1. The molecule has 4 nitrogen and oxygen atoms in total. The van der Waals surface area contributed by atoms with Gasteiger partial charge < -0.3 is 5.32 Å². The Morgan fingerprint density at radius 1 is 1.13 bits per heavy atom. The number of aromatic nitrogens is 3. The molecule has 0 amide bonds. The van der Waals surface area contributed by atoms with Gasteiger partial charge in [-0.15, -0.1) is 0 Å². The first-order valence-corrected chi connectivity index (χ1v) is 7.46. The standard InChI is InChI=1S/C17H14ClFN4/c1-11(12-4-6-14(19)7-5-12)21-17-22-15(9-16(18)23-17)13-3-2-8-20-10-13/h2-11H,1H3,(H,21,22,23). The molecule has 1 N–H and O–H groups in total. The van der Waals surface area contributed by atoms with Crippen LogP contribution in [0, 0.1) is 5.82 Å². The van der Waals surface area contributed by atoms with E-state index in [-0.39, 0.29) is 11.9 Å². The molecule has 0 fully saturated rings. The number of hydrogen-bond donors (Lipinski definition) is 1. The maximum Gasteiger partial charge on any atom is 0.225 e. The average molecular weight is 329 g/mol. The molecule has 1 aromatic carbocycles. The summed E-state index contributed by atoms with van der Waals surface area (Å²) in [5.74, 6) is 0.145. The third-order valence-corrected chi connectivity index (χ3v) is 3.56. The van der Waals surface area contributed by atoms with Crippen molar-refractivity contribution in [2.75, 3.05) is 5.32 Å². The lowest BCUT2D eigenvalue weighted by Gasteiger charge is -2.15. The lowest BCUT2D eigenvalue weighted by molar-refractivity contribution is 0.626. The molecule has 116 valence electrons. The van der Waals surface area contributed by atoms with Gasteiger partial charge in [-0.25, -0.2) is 14.4 Å². The van der Waals surface area contributed by atoms with Crippen LogP contribution in [0.5, 0.6) is 0 Å². The van der Waals surface area contributed by atoms with Gasteiger partial charge in [0.2, 0.25) is 5.95 Å². The number of nitrogens with zero attached hydrogens (tertiary/aromatic N) is 3. The lowest BCUT2D eigenvalue weighted by atomic mass is 10.1. The maximum absolute atomic E-state index is 13.0. The first-order valence-electron chi connectivity index (χ1n) is 7.09. The van der Waals surface area contributed by atoms with E-state index in [4.69, 9.17) is 11.6 Å². The fraction of sp³-hybridized carbons (Fsp3) is 0.118. The number of benzene rings is 1. The highest BCUT2D eigenvalue weighted by Gasteiger charge is 2.10. The molecule has 0 radical (unpaired) electrons. The quantitative estimate of drug-likeness (QED) is 0.716. The summed E-state index contributed by atoms with van der Waals surface area (Å²) in [6, 6.07) is 11.6. The molecule has 2 heterocycles. The Hall–Kier alpha value is -2.53. The van der Waals surface area contributed by atoms with Crippen molar-refractivity contribution in [2.45, 2.75) is 13.0 Å². The first-order chi connectivity index (χ1) is 11.1. The largest absolute Gasteiger partial charge is 0.348 e. The molecular formula is C17H14ClFN4. The summed E-state index contributed by atoms with van der Waals surface area (Å²) >= 11 is 6.09. The van der Waals surface area contributed by atoms with Crippen LogP contribution in [0.3, 0.4) is 0 Å². The van der Waals surface area contributed by atoms with Crippen molar-refractivity contribution in [2.24, 2.45) is 0 Å². The molecule has 0 aliphatic rings. The van der Waals surface area contributed by atoms with E-state index in [1.54, 1.807) is 30.6 Å². The Morgan fingerprint density at radius 3 is 2.61 bits per heavy atom. The normalized spacial score (nSPS) is 12.0. The number of nitrogens with one attached hydrogen (secondary N) is 1. The third kappa shape index (κ3) is 3.81. The van der Waals surface area contributed by atoms with Gasteiger partial charge in [0.25, 0.3) is 0 Å². The summed E-state index contributed by atoms with van der Waals surface area (Å²) in [6.45, 7) is 1.95. The second kappa shape index (κ2) is 6.71. The van der Waals surface area contributed by atoms with Crippen LogP contribution in [0.1, 0.15) is 18.5 Å². The van der Waals surface area contributed by atoms with E-state index in [1.807, 2.05) is 19.1 Å². The Labute approximate surface area is 138 Å². The fourth-order valence-corrected chi connectivity index (χ4v) is 2.36. The van der Waals surface area contributed by atoms with Crippen molar-refractivity contribution in [3.63, 3.8) is 0 Å². The third-order valence-electron chi connectivity index (χ3n) is 3.37. The minimum Gasteiger partial charge on any atom is -0.348 e. The Balaban J connectivity index is 1.85. The van der Waals surface area contributed by atoms with E-state index in [0.29, 0.717) is 16.8 Å². The molecular weight excluding hydrogens is 315 g/mol. The zero-order chi connectivity index (χ0) is 16.2. The lowest BCUT2D eigenvalue weighted by Crippen LogP contribution is -2.10. The fourth-order valence-electron chi connectivity index (χ4n) is 2.17. The van der Waals surface area contributed by atoms with Crippen LogP contribution in [0.2, 0.25) is 5.15 Å². The van der Waals surface area contributed by atoms with E-state index < -0.39 is 0 Å². The zero-order valence-corrected chi connectivity index (χ0v) is 13.1. The molecule has 0 aliphatic heterocycles. The monoisotopic (exact) mass is 328 g/mol. The first kappa shape index (κ1) is 15.4. The van der Waals surface area contributed by atoms with Crippen molar-refractivity contribution < 1.29 is 4.39 Å². The molecule has 3 aromatic rings. The van der Waals surface area contributed by atoms with E-state index >= 15 is 0 Å². The maximum atomic E-state index is 13.0. The Bertz CT molecular complexity index is 793. The molecule has 0 saturated carbocycles. The van der Waals surface area contributed by atoms with Crippen LogP contribution in [-0.4, -0.2) is 15.0 Å². The van der Waals surface area contributed by atoms with Gasteiger partial charge in [-0.05, 0) is 36.8 Å². The van der Waals surface area contributed by atoms with Gasteiger partial charge in [0.1, 0.15) is 11.0 Å². The van der Waals surface area contributed by atoms with E-state index in [1.165, 1.54) is 12.1 Å². The molecule has 0 saturated heterocycles. The molecule has 3 rings (SSSR count). The van der Waals surface area contributed by atoms with Crippen LogP contribution in [0.4, 0.5) is 10.3 Å². The van der Waals surface area contributed by atoms with Gasteiger partial charge in [-0.1, -0.05) is 23.7 Å². The minimum absolute atomic E-state index is 0.0872. The van der Waals surface area contributed by atoms with Gasteiger partial charge in [0.05, 0.1) is 11.7 Å². The van der Waals surface area contributed by atoms with Crippen LogP contribution >= 0.6 is 11.6 Å². The van der Waals surface area contributed by atoms with Crippen molar-refractivity contribution in [3.05, 3.63) is 71.4 Å². The molecule has 1 unspecified atom stereocenters. The predicted molar refractivity (Wildman–Crippen MR) is 88.7 cm³/mol. The van der Waals surface area contributed by atoms with Gasteiger partial charge in [-0.2, -0.15) is 0 Å². The minimum atomic E-state index is -0.265. The summed E-state index contributed by atoms with van der Waals surface area (Å²) in [5.41, 5.74) is 2.47. The highest BCUT2D eigenvalue weighted by atomic mass is 35.5.